The first-order valence-electron chi connectivity index (χ1n) is 12.3. The van der Waals surface area contributed by atoms with Gasteiger partial charge in [-0.1, -0.05) is 43.1 Å². The van der Waals surface area contributed by atoms with Crippen LogP contribution in [0.15, 0.2) is 36.7 Å². The van der Waals surface area contributed by atoms with Gasteiger partial charge in [0.05, 0.1) is 33.7 Å². The average molecular weight is 531 g/mol. The van der Waals surface area contributed by atoms with Crippen LogP contribution in [0.3, 0.4) is 0 Å². The van der Waals surface area contributed by atoms with Gasteiger partial charge in [0, 0.05) is 49.7 Å². The van der Waals surface area contributed by atoms with E-state index in [2.05, 4.69) is 26.8 Å². The molecule has 10 heteroatoms. The fourth-order valence-corrected chi connectivity index (χ4v) is 5.14. The van der Waals surface area contributed by atoms with Crippen molar-refractivity contribution in [3.63, 3.8) is 0 Å². The highest BCUT2D eigenvalue weighted by Crippen LogP contribution is 2.40. The number of anilines is 2. The highest BCUT2D eigenvalue weighted by Gasteiger charge is 2.33. The molecule has 3 N–H and O–H groups in total. The van der Waals surface area contributed by atoms with E-state index in [-0.39, 0.29) is 5.91 Å². The number of aromatic nitrogens is 2. The largest absolute Gasteiger partial charge is 0.355 e. The summed E-state index contributed by atoms with van der Waals surface area (Å²) >= 11 is 12.7. The fraction of sp³-hybridized carbons (Fsp3) is 0.385. The molecule has 1 saturated heterocycles. The molecule has 0 aliphatic carbocycles. The Bertz CT molecular complexity index is 1240. The van der Waals surface area contributed by atoms with Crippen molar-refractivity contribution in [2.45, 2.75) is 26.7 Å². The molecule has 0 unspecified atom stereocenters. The first kappa shape index (κ1) is 26.3. The van der Waals surface area contributed by atoms with Gasteiger partial charge in [0.2, 0.25) is 0 Å². The maximum Gasteiger partial charge on any atom is 0.263 e. The second-order valence-electron chi connectivity index (χ2n) is 8.67. The predicted octanol–water partition coefficient (Wildman–Crippen LogP) is 5.11. The maximum absolute atomic E-state index is 13.3. The van der Waals surface area contributed by atoms with Crippen LogP contribution >= 0.6 is 23.2 Å². The molecule has 3 aliphatic rings. The predicted molar refractivity (Wildman–Crippen MR) is 150 cm³/mol. The molecule has 36 heavy (non-hydrogen) atoms. The van der Waals surface area contributed by atoms with Gasteiger partial charge in [-0.2, -0.15) is 0 Å². The molecule has 8 nitrogen and oxygen atoms in total. The molecule has 0 spiro atoms. The van der Waals surface area contributed by atoms with Gasteiger partial charge in [0.25, 0.3) is 5.91 Å². The lowest BCUT2D eigenvalue weighted by atomic mass is 10.1. The Labute approximate surface area is 222 Å². The Morgan fingerprint density at radius 1 is 1.03 bits per heavy atom. The minimum Gasteiger partial charge on any atom is -0.355 e. The number of hydrazine groups is 1. The second kappa shape index (κ2) is 11.5. The number of amides is 1. The number of nitrogens with one attached hydrogen (secondary N) is 3. The summed E-state index contributed by atoms with van der Waals surface area (Å²) in [6.07, 6.45) is 6.42. The lowest BCUT2D eigenvalue weighted by Gasteiger charge is -2.36. The zero-order valence-corrected chi connectivity index (χ0v) is 22.7. The Morgan fingerprint density at radius 2 is 1.72 bits per heavy atom. The van der Waals surface area contributed by atoms with Crippen LogP contribution in [-0.4, -0.2) is 61.3 Å². The number of para-hydroxylation sites is 1. The van der Waals surface area contributed by atoms with Crippen LogP contribution in [0.5, 0.6) is 0 Å². The Morgan fingerprint density at radius 3 is 2.31 bits per heavy atom. The highest BCUT2D eigenvalue weighted by molar-refractivity contribution is 6.40. The minimum absolute atomic E-state index is 0.174. The highest BCUT2D eigenvalue weighted by atomic mass is 35.5. The van der Waals surface area contributed by atoms with E-state index in [1.54, 1.807) is 29.3 Å². The van der Waals surface area contributed by atoms with Gasteiger partial charge in [-0.3, -0.25) is 9.69 Å². The number of carbonyl (C=O) groups excluding carboxylic acids is 1. The molecule has 1 amide bonds. The van der Waals surface area contributed by atoms with E-state index < -0.39 is 0 Å². The summed E-state index contributed by atoms with van der Waals surface area (Å²) in [5.74, 6) is -0.174. The number of H-pyrrole nitrogens is 1. The van der Waals surface area contributed by atoms with Crippen LogP contribution < -0.4 is 20.5 Å². The summed E-state index contributed by atoms with van der Waals surface area (Å²) in [5.41, 5.74) is 7.97. The van der Waals surface area contributed by atoms with Crippen molar-refractivity contribution in [1.82, 2.24) is 25.7 Å². The standard InChI is InChI=1S/C20H18Cl2N6O.C4H9N.C2H6/c1-26-10-28(18-14(21)4-3-5-15(18)22)20(29)13-8-23-19-12(17(13)26)6-16(25-19)11-7-24-27(2)9-11;1-2-4-5-3-1;1-2/h3-6,8-9,24H,7,10H2,1-2H3,(H,23,25);5H,1-4H2;1-2H3. The van der Waals surface area contributed by atoms with Gasteiger partial charge in [-0.15, -0.1) is 0 Å². The number of fused-ring (bicyclic) bond motifs is 3. The number of rotatable bonds is 2. The smallest absolute Gasteiger partial charge is 0.263 e. The molecule has 3 aliphatic heterocycles. The zero-order valence-electron chi connectivity index (χ0n) is 21.2. The number of pyridine rings is 1. The molecule has 0 saturated carbocycles. The fourth-order valence-electron chi connectivity index (χ4n) is 4.54. The summed E-state index contributed by atoms with van der Waals surface area (Å²) in [6, 6.07) is 7.27. The summed E-state index contributed by atoms with van der Waals surface area (Å²) in [6.45, 7) is 7.57. The summed E-state index contributed by atoms with van der Waals surface area (Å²) in [7, 11) is 3.90. The Balaban J connectivity index is 0.000000383. The van der Waals surface area contributed by atoms with Crippen molar-refractivity contribution in [3.8, 4) is 0 Å². The number of halogens is 2. The number of hydrogen-bond donors (Lipinski definition) is 3. The van der Waals surface area contributed by atoms with E-state index in [0.29, 0.717) is 28.0 Å². The van der Waals surface area contributed by atoms with Crippen molar-refractivity contribution in [2.24, 2.45) is 0 Å². The molecular formula is C26H33Cl2N7O. The molecule has 0 atom stereocenters. The van der Waals surface area contributed by atoms with E-state index in [4.69, 9.17) is 23.2 Å². The summed E-state index contributed by atoms with van der Waals surface area (Å²) in [5, 5.41) is 6.93. The third-order valence-corrected chi connectivity index (χ3v) is 6.83. The van der Waals surface area contributed by atoms with Crippen LogP contribution in [0.4, 0.5) is 11.4 Å². The molecule has 192 valence electrons. The van der Waals surface area contributed by atoms with Crippen molar-refractivity contribution in [3.05, 3.63) is 58.0 Å². The summed E-state index contributed by atoms with van der Waals surface area (Å²) in [4.78, 5) is 24.8. The first-order chi connectivity index (χ1) is 17.4. The van der Waals surface area contributed by atoms with Gasteiger partial charge >= 0.3 is 0 Å². The van der Waals surface area contributed by atoms with Crippen LogP contribution in [0.2, 0.25) is 10.0 Å². The molecule has 1 fully saturated rings. The van der Waals surface area contributed by atoms with E-state index >= 15 is 0 Å². The van der Waals surface area contributed by atoms with Gasteiger partial charge in [0.15, 0.2) is 0 Å². The normalized spacial score (nSPS) is 16.9. The van der Waals surface area contributed by atoms with E-state index in [1.807, 2.05) is 44.1 Å². The van der Waals surface area contributed by atoms with E-state index in [0.717, 1.165) is 34.5 Å². The molecule has 6 rings (SSSR count). The second-order valence-corrected chi connectivity index (χ2v) is 9.48. The molecular weight excluding hydrogens is 497 g/mol. The SMILES string of the molecule is C1CCNC1.CC.CN1C=C(c2cc3c4c(cnc3[nH]2)C(=O)N(c2c(Cl)cccc2Cl)CN4C)CN1. The van der Waals surface area contributed by atoms with Gasteiger partial charge in [-0.25, -0.2) is 10.4 Å². The minimum atomic E-state index is -0.174. The van der Waals surface area contributed by atoms with Crippen molar-refractivity contribution in [2.75, 3.05) is 50.2 Å². The number of aromatic amines is 1. The molecule has 0 radical (unpaired) electrons. The molecule has 2 aromatic heterocycles. The number of carbonyl (C=O) groups is 1. The molecule has 0 bridgehead atoms. The first-order valence-corrected chi connectivity index (χ1v) is 13.1. The monoisotopic (exact) mass is 529 g/mol. The quantitative estimate of drug-likeness (QED) is 0.428. The van der Waals surface area contributed by atoms with Gasteiger partial charge in [0.1, 0.15) is 5.65 Å². The van der Waals surface area contributed by atoms with Crippen LogP contribution in [0, 0.1) is 0 Å². The van der Waals surface area contributed by atoms with Crippen molar-refractivity contribution < 1.29 is 4.79 Å². The Kier molecular flexibility index (Phi) is 8.41. The van der Waals surface area contributed by atoms with Crippen molar-refractivity contribution in [1.29, 1.82) is 0 Å². The number of hydrogen-bond acceptors (Lipinski definition) is 6. The zero-order chi connectivity index (χ0) is 25.8. The van der Waals surface area contributed by atoms with Gasteiger partial charge in [-0.05, 0) is 44.1 Å². The van der Waals surface area contributed by atoms with Gasteiger partial charge < -0.3 is 20.2 Å². The molecule has 3 aromatic rings. The topological polar surface area (TPSA) is 79.5 Å². The number of nitrogens with zero attached hydrogens (tertiary/aromatic N) is 4. The van der Waals surface area contributed by atoms with E-state index in [1.165, 1.54) is 25.9 Å². The number of benzene rings is 1. The van der Waals surface area contributed by atoms with E-state index in [9.17, 15) is 4.79 Å². The third-order valence-electron chi connectivity index (χ3n) is 6.22. The van der Waals surface area contributed by atoms with Crippen LogP contribution in [0.25, 0.3) is 16.6 Å². The molecule has 5 heterocycles. The molecule has 1 aromatic carbocycles. The third kappa shape index (κ3) is 5.18. The van der Waals surface area contributed by atoms with Crippen LogP contribution in [-0.2, 0) is 0 Å². The Hall–Kier alpha value is -2.78. The summed E-state index contributed by atoms with van der Waals surface area (Å²) < 4.78 is 0. The van der Waals surface area contributed by atoms with Crippen LogP contribution in [0.1, 0.15) is 42.7 Å². The maximum atomic E-state index is 13.3. The lowest BCUT2D eigenvalue weighted by molar-refractivity contribution is 0.0982. The average Bonchev–Trinajstić information content (AvgIpc) is 3.65. The van der Waals surface area contributed by atoms with Crippen molar-refractivity contribution >= 4 is 57.1 Å². The lowest BCUT2D eigenvalue weighted by Crippen LogP contribution is -2.45.